The molecule has 0 bridgehead atoms. The molecule has 0 aromatic heterocycles. The largest absolute Gasteiger partial charge is 0.481 e. The highest BCUT2D eigenvalue weighted by Crippen LogP contribution is 2.42. The summed E-state index contributed by atoms with van der Waals surface area (Å²) in [5.74, 6) is -2.54. The van der Waals surface area contributed by atoms with Crippen LogP contribution in [0.15, 0.2) is 24.3 Å². The number of hydrogen-bond donors (Lipinski definition) is 1. The van der Waals surface area contributed by atoms with Crippen LogP contribution in [0.25, 0.3) is 0 Å². The Morgan fingerprint density at radius 2 is 1.77 bits per heavy atom. The number of benzene rings is 1. The molecule has 1 aromatic rings. The second-order valence-corrected chi connectivity index (χ2v) is 6.71. The van der Waals surface area contributed by atoms with Crippen molar-refractivity contribution >= 4 is 5.97 Å². The number of hydrogen-bond acceptors (Lipinski definition) is 2. The van der Waals surface area contributed by atoms with E-state index in [-0.39, 0.29) is 17.6 Å². The molecule has 1 fully saturated rings. The molecule has 0 aliphatic carbocycles. The third-order valence-corrected chi connectivity index (χ3v) is 4.25. The second-order valence-electron chi connectivity index (χ2n) is 6.71. The van der Waals surface area contributed by atoms with Gasteiger partial charge in [-0.1, -0.05) is 18.2 Å². The molecule has 3 nitrogen and oxygen atoms in total. The molecule has 0 radical (unpaired) electrons. The van der Waals surface area contributed by atoms with E-state index in [4.69, 9.17) is 0 Å². The standard InChI is InChI=1S/C16H20F3NO2/c1-15(2,3)20-8-11(12(9-20)14(21)22)10-6-4-5-7-13(10)16(17,18)19/h4-7,11-12H,8-9H2,1-3H3,(H,21,22)/t11-,12+/m0/s1. The van der Waals surface area contributed by atoms with E-state index in [0.29, 0.717) is 6.54 Å². The highest BCUT2D eigenvalue weighted by molar-refractivity contribution is 5.72. The van der Waals surface area contributed by atoms with Crippen LogP contribution in [0.3, 0.4) is 0 Å². The van der Waals surface area contributed by atoms with E-state index in [0.717, 1.165) is 6.07 Å². The third kappa shape index (κ3) is 3.27. The molecular formula is C16H20F3NO2. The Hall–Kier alpha value is -1.56. The van der Waals surface area contributed by atoms with Gasteiger partial charge in [0.15, 0.2) is 0 Å². The van der Waals surface area contributed by atoms with E-state index in [9.17, 15) is 23.1 Å². The molecule has 22 heavy (non-hydrogen) atoms. The Bertz CT molecular complexity index is 563. The molecule has 1 aliphatic rings. The number of alkyl halides is 3. The molecule has 2 atom stereocenters. The van der Waals surface area contributed by atoms with Crippen LogP contribution in [0.2, 0.25) is 0 Å². The molecule has 0 unspecified atom stereocenters. The molecule has 1 heterocycles. The number of halogens is 3. The molecule has 1 N–H and O–H groups in total. The van der Waals surface area contributed by atoms with E-state index in [1.165, 1.54) is 18.2 Å². The van der Waals surface area contributed by atoms with Crippen molar-refractivity contribution < 1.29 is 23.1 Å². The zero-order valence-corrected chi connectivity index (χ0v) is 12.8. The van der Waals surface area contributed by atoms with Crippen molar-refractivity contribution in [3.05, 3.63) is 35.4 Å². The van der Waals surface area contributed by atoms with E-state index >= 15 is 0 Å². The van der Waals surface area contributed by atoms with Crippen LogP contribution in [0.5, 0.6) is 0 Å². The van der Waals surface area contributed by atoms with E-state index in [2.05, 4.69) is 0 Å². The average molecular weight is 315 g/mol. The number of carbonyl (C=O) groups is 1. The van der Waals surface area contributed by atoms with Crippen molar-refractivity contribution in [3.8, 4) is 0 Å². The maximum absolute atomic E-state index is 13.2. The molecule has 0 saturated carbocycles. The highest BCUT2D eigenvalue weighted by Gasteiger charge is 2.45. The predicted octanol–water partition coefficient (Wildman–Crippen LogP) is 3.60. The van der Waals surface area contributed by atoms with Gasteiger partial charge >= 0.3 is 12.1 Å². The lowest BCUT2D eigenvalue weighted by Gasteiger charge is -2.31. The summed E-state index contributed by atoms with van der Waals surface area (Å²) in [7, 11) is 0. The molecule has 1 saturated heterocycles. The lowest BCUT2D eigenvalue weighted by Crippen LogP contribution is -2.40. The topological polar surface area (TPSA) is 40.5 Å². The van der Waals surface area contributed by atoms with Crippen molar-refractivity contribution in [1.29, 1.82) is 0 Å². The van der Waals surface area contributed by atoms with Crippen molar-refractivity contribution in [1.82, 2.24) is 4.90 Å². The van der Waals surface area contributed by atoms with Gasteiger partial charge in [-0.3, -0.25) is 9.69 Å². The molecule has 1 aliphatic heterocycles. The fourth-order valence-corrected chi connectivity index (χ4v) is 3.00. The van der Waals surface area contributed by atoms with Crippen LogP contribution >= 0.6 is 0 Å². The SMILES string of the molecule is CC(C)(C)N1C[C@@H](C(=O)O)[C@H](c2ccccc2C(F)(F)F)C1. The van der Waals surface area contributed by atoms with Crippen LogP contribution in [0, 0.1) is 5.92 Å². The summed E-state index contributed by atoms with van der Waals surface area (Å²) in [4.78, 5) is 13.4. The monoisotopic (exact) mass is 315 g/mol. The van der Waals surface area contributed by atoms with Gasteiger partial charge in [-0.2, -0.15) is 13.2 Å². The Kier molecular flexibility index (Phi) is 4.26. The number of likely N-dealkylation sites (tertiary alicyclic amines) is 1. The van der Waals surface area contributed by atoms with Gasteiger partial charge in [-0.25, -0.2) is 0 Å². The van der Waals surface area contributed by atoms with Crippen molar-refractivity contribution in [2.24, 2.45) is 5.92 Å². The first-order valence-electron chi connectivity index (χ1n) is 7.16. The first kappa shape index (κ1) is 16.8. The minimum atomic E-state index is -4.48. The van der Waals surface area contributed by atoms with Crippen LogP contribution < -0.4 is 0 Å². The summed E-state index contributed by atoms with van der Waals surface area (Å²) in [6.07, 6.45) is -4.48. The zero-order valence-electron chi connectivity index (χ0n) is 12.8. The number of carboxylic acids is 1. The Morgan fingerprint density at radius 3 is 2.27 bits per heavy atom. The van der Waals surface area contributed by atoms with Crippen LogP contribution in [-0.2, 0) is 11.0 Å². The van der Waals surface area contributed by atoms with Gasteiger partial charge in [0.25, 0.3) is 0 Å². The van der Waals surface area contributed by atoms with Crippen molar-refractivity contribution in [3.63, 3.8) is 0 Å². The predicted molar refractivity (Wildman–Crippen MR) is 76.6 cm³/mol. The number of aliphatic carboxylic acids is 1. The maximum atomic E-state index is 13.2. The van der Waals surface area contributed by atoms with Gasteiger partial charge in [-0.15, -0.1) is 0 Å². The van der Waals surface area contributed by atoms with Crippen LogP contribution in [0.4, 0.5) is 13.2 Å². The van der Waals surface area contributed by atoms with Crippen molar-refractivity contribution in [2.75, 3.05) is 13.1 Å². The van der Waals surface area contributed by atoms with Gasteiger partial charge < -0.3 is 5.11 Å². The maximum Gasteiger partial charge on any atom is 0.416 e. The normalized spacial score (nSPS) is 23.7. The van der Waals surface area contributed by atoms with E-state index in [1.54, 1.807) is 0 Å². The lowest BCUT2D eigenvalue weighted by atomic mass is 9.86. The minimum absolute atomic E-state index is 0.0779. The first-order chi connectivity index (χ1) is 10.0. The molecule has 1 aromatic carbocycles. The number of rotatable bonds is 2. The summed E-state index contributed by atoms with van der Waals surface area (Å²) in [5.41, 5.74) is -0.938. The quantitative estimate of drug-likeness (QED) is 0.906. The smallest absolute Gasteiger partial charge is 0.416 e. The number of carboxylic acid groups (broad SMARTS) is 1. The average Bonchev–Trinajstić information content (AvgIpc) is 2.82. The summed E-state index contributed by atoms with van der Waals surface area (Å²) in [6.45, 7) is 6.38. The Morgan fingerprint density at radius 1 is 1.18 bits per heavy atom. The zero-order chi connectivity index (χ0) is 16.7. The minimum Gasteiger partial charge on any atom is -0.481 e. The van der Waals surface area contributed by atoms with E-state index < -0.39 is 29.5 Å². The summed E-state index contributed by atoms with van der Waals surface area (Å²) >= 11 is 0. The van der Waals surface area contributed by atoms with Gasteiger partial charge in [0.05, 0.1) is 11.5 Å². The van der Waals surface area contributed by atoms with Crippen molar-refractivity contribution in [2.45, 2.75) is 38.4 Å². The van der Waals surface area contributed by atoms with Gasteiger partial charge in [-0.05, 0) is 32.4 Å². The Balaban J connectivity index is 2.44. The fraction of sp³-hybridized carbons (Fsp3) is 0.562. The van der Waals surface area contributed by atoms with Crippen LogP contribution in [-0.4, -0.2) is 34.6 Å². The van der Waals surface area contributed by atoms with Crippen LogP contribution in [0.1, 0.15) is 37.8 Å². The summed E-state index contributed by atoms with van der Waals surface area (Å²) in [5, 5.41) is 9.41. The molecule has 0 spiro atoms. The molecule has 122 valence electrons. The molecule has 2 rings (SSSR count). The highest BCUT2D eigenvalue weighted by atomic mass is 19.4. The third-order valence-electron chi connectivity index (χ3n) is 4.25. The van der Waals surface area contributed by atoms with Gasteiger partial charge in [0.1, 0.15) is 0 Å². The number of nitrogens with zero attached hydrogens (tertiary/aromatic N) is 1. The Labute approximate surface area is 127 Å². The summed E-state index contributed by atoms with van der Waals surface area (Å²) < 4.78 is 39.6. The van der Waals surface area contributed by atoms with Gasteiger partial charge in [0.2, 0.25) is 0 Å². The van der Waals surface area contributed by atoms with E-state index in [1.807, 2.05) is 25.7 Å². The molecular weight excluding hydrogens is 295 g/mol. The molecule has 6 heteroatoms. The molecule has 0 amide bonds. The summed E-state index contributed by atoms with van der Waals surface area (Å²) in [6, 6.07) is 5.28. The lowest BCUT2D eigenvalue weighted by molar-refractivity contribution is -0.143. The fourth-order valence-electron chi connectivity index (χ4n) is 3.00. The first-order valence-corrected chi connectivity index (χ1v) is 7.16. The van der Waals surface area contributed by atoms with Gasteiger partial charge in [0, 0.05) is 24.5 Å². The second kappa shape index (κ2) is 5.57.